The van der Waals surface area contributed by atoms with Crippen LogP contribution in [0.3, 0.4) is 0 Å². The Morgan fingerprint density at radius 2 is 1.96 bits per heavy atom. The van der Waals surface area contributed by atoms with Crippen molar-refractivity contribution >= 4 is 27.7 Å². The number of nitrogen functional groups attached to an aromatic ring is 1. The first kappa shape index (κ1) is 17.6. The summed E-state index contributed by atoms with van der Waals surface area (Å²) in [5.74, 6) is 1.41. The number of pyridine rings is 1. The zero-order chi connectivity index (χ0) is 18.0. The fourth-order valence-electron chi connectivity index (χ4n) is 3.14. The van der Waals surface area contributed by atoms with Crippen molar-refractivity contribution in [3.8, 4) is 0 Å². The van der Waals surface area contributed by atoms with Crippen molar-refractivity contribution in [3.05, 3.63) is 47.9 Å². The molecule has 0 fully saturated rings. The van der Waals surface area contributed by atoms with Crippen LogP contribution >= 0.6 is 0 Å². The van der Waals surface area contributed by atoms with E-state index >= 15 is 0 Å². The second-order valence-corrected chi connectivity index (χ2v) is 8.08. The number of anilines is 1. The Hall–Kier alpha value is -2.21. The molecule has 0 amide bonds. The van der Waals surface area contributed by atoms with E-state index < -0.39 is 10.8 Å². The molecule has 1 atom stereocenters. The van der Waals surface area contributed by atoms with Crippen LogP contribution in [-0.4, -0.2) is 24.5 Å². The fraction of sp³-hybridized carbons (Fsp3) is 0.368. The largest absolute Gasteiger partial charge is 0.382 e. The summed E-state index contributed by atoms with van der Waals surface area (Å²) in [7, 11) is -0.971. The summed E-state index contributed by atoms with van der Waals surface area (Å²) in [6, 6.07) is 9.60. The van der Waals surface area contributed by atoms with Gasteiger partial charge in [0, 0.05) is 17.2 Å². The molecule has 0 spiro atoms. The maximum atomic E-state index is 12.4. The van der Waals surface area contributed by atoms with Crippen LogP contribution in [0, 0.1) is 6.92 Å². The van der Waals surface area contributed by atoms with Gasteiger partial charge >= 0.3 is 0 Å². The standard InChI is InChI=1S/C19H24N4OS/c1-13(2)16-14(3)18-17(19(20)22-16)21-12-23(18)10-7-11-25(24)15-8-5-4-6-9-15/h4-6,8-9,12-13H,7,10-11H2,1-3H3,(H2,20,22). The first-order chi connectivity index (χ1) is 12.0. The van der Waals surface area contributed by atoms with Crippen LogP contribution in [0.4, 0.5) is 5.82 Å². The number of nitrogens with two attached hydrogens (primary N) is 1. The Kier molecular flexibility index (Phi) is 5.18. The molecule has 2 N–H and O–H groups in total. The Labute approximate surface area is 150 Å². The van der Waals surface area contributed by atoms with Crippen molar-refractivity contribution in [1.82, 2.24) is 14.5 Å². The van der Waals surface area contributed by atoms with E-state index in [1.54, 1.807) is 0 Å². The Bertz CT molecular complexity index is 903. The number of rotatable bonds is 6. The zero-order valence-electron chi connectivity index (χ0n) is 14.9. The molecule has 1 unspecified atom stereocenters. The van der Waals surface area contributed by atoms with Gasteiger partial charge in [-0.1, -0.05) is 32.0 Å². The first-order valence-corrected chi connectivity index (χ1v) is 9.85. The smallest absolute Gasteiger partial charge is 0.151 e. The molecule has 25 heavy (non-hydrogen) atoms. The topological polar surface area (TPSA) is 73.8 Å². The van der Waals surface area contributed by atoms with E-state index in [4.69, 9.17) is 5.73 Å². The molecule has 3 rings (SSSR count). The number of fused-ring (bicyclic) bond motifs is 1. The van der Waals surface area contributed by atoms with Crippen LogP contribution in [0.15, 0.2) is 41.6 Å². The highest BCUT2D eigenvalue weighted by molar-refractivity contribution is 7.85. The highest BCUT2D eigenvalue weighted by atomic mass is 32.2. The van der Waals surface area contributed by atoms with Gasteiger partial charge in [0.15, 0.2) is 5.82 Å². The van der Waals surface area contributed by atoms with Gasteiger partial charge in [0.05, 0.1) is 28.3 Å². The molecule has 2 aromatic heterocycles. The van der Waals surface area contributed by atoms with Crippen LogP contribution in [-0.2, 0) is 17.3 Å². The summed E-state index contributed by atoms with van der Waals surface area (Å²) in [4.78, 5) is 9.83. The molecule has 0 saturated heterocycles. The molecule has 2 heterocycles. The summed E-state index contributed by atoms with van der Waals surface area (Å²) in [5, 5.41) is 0. The van der Waals surface area contributed by atoms with Gasteiger partial charge in [-0.15, -0.1) is 0 Å². The molecule has 0 radical (unpaired) electrons. The summed E-state index contributed by atoms with van der Waals surface area (Å²) >= 11 is 0. The number of aryl methyl sites for hydroxylation is 2. The fourth-order valence-corrected chi connectivity index (χ4v) is 4.23. The molecule has 0 aliphatic heterocycles. The Morgan fingerprint density at radius 3 is 2.64 bits per heavy atom. The summed E-state index contributed by atoms with van der Waals surface area (Å²) in [5.41, 5.74) is 10.0. The third kappa shape index (κ3) is 3.58. The van der Waals surface area contributed by atoms with Gasteiger partial charge < -0.3 is 10.3 Å². The van der Waals surface area contributed by atoms with E-state index in [-0.39, 0.29) is 0 Å². The highest BCUT2D eigenvalue weighted by Crippen LogP contribution is 2.28. The molecule has 0 saturated carbocycles. The molecule has 6 heteroatoms. The summed E-state index contributed by atoms with van der Waals surface area (Å²) in [6.45, 7) is 7.07. The normalized spacial score (nSPS) is 12.8. The Morgan fingerprint density at radius 1 is 1.24 bits per heavy atom. The van der Waals surface area contributed by atoms with Crippen molar-refractivity contribution in [3.63, 3.8) is 0 Å². The van der Waals surface area contributed by atoms with E-state index in [1.807, 2.05) is 36.7 Å². The SMILES string of the molecule is Cc1c(C(C)C)nc(N)c2ncn(CCCS(=O)c3ccccc3)c12. The van der Waals surface area contributed by atoms with Crippen LogP contribution in [0.25, 0.3) is 11.0 Å². The van der Waals surface area contributed by atoms with Gasteiger partial charge in [0.25, 0.3) is 0 Å². The zero-order valence-corrected chi connectivity index (χ0v) is 15.7. The lowest BCUT2D eigenvalue weighted by Gasteiger charge is -2.13. The number of hydrogen-bond donors (Lipinski definition) is 1. The van der Waals surface area contributed by atoms with Gasteiger partial charge in [0.1, 0.15) is 5.52 Å². The van der Waals surface area contributed by atoms with Crippen LogP contribution < -0.4 is 5.73 Å². The lowest BCUT2D eigenvalue weighted by Crippen LogP contribution is -2.07. The van der Waals surface area contributed by atoms with Crippen molar-refractivity contribution in [2.75, 3.05) is 11.5 Å². The average molecular weight is 356 g/mol. The van der Waals surface area contributed by atoms with Crippen LogP contribution in [0.2, 0.25) is 0 Å². The third-order valence-corrected chi connectivity index (χ3v) is 5.80. The molecule has 0 aliphatic carbocycles. The highest BCUT2D eigenvalue weighted by Gasteiger charge is 2.16. The van der Waals surface area contributed by atoms with Crippen molar-refractivity contribution < 1.29 is 4.21 Å². The minimum Gasteiger partial charge on any atom is -0.382 e. The molecule has 132 valence electrons. The molecule has 5 nitrogen and oxygen atoms in total. The maximum absolute atomic E-state index is 12.4. The van der Waals surface area contributed by atoms with Gasteiger partial charge in [-0.05, 0) is 37.0 Å². The second-order valence-electron chi connectivity index (χ2n) is 6.51. The number of imidazole rings is 1. The number of nitrogens with zero attached hydrogens (tertiary/aromatic N) is 3. The molecule has 3 aromatic rings. The quantitative estimate of drug-likeness (QED) is 0.732. The van der Waals surface area contributed by atoms with Gasteiger partial charge in [-0.3, -0.25) is 4.21 Å². The van der Waals surface area contributed by atoms with E-state index in [2.05, 4.69) is 35.3 Å². The summed E-state index contributed by atoms with van der Waals surface area (Å²) < 4.78 is 14.5. The second kappa shape index (κ2) is 7.35. The maximum Gasteiger partial charge on any atom is 0.151 e. The van der Waals surface area contributed by atoms with Gasteiger partial charge in [0.2, 0.25) is 0 Å². The van der Waals surface area contributed by atoms with Crippen molar-refractivity contribution in [1.29, 1.82) is 0 Å². The Balaban J connectivity index is 1.79. The molecule has 1 aromatic carbocycles. The third-order valence-electron chi connectivity index (χ3n) is 4.34. The van der Waals surface area contributed by atoms with Crippen molar-refractivity contribution in [2.45, 2.75) is 44.6 Å². The van der Waals surface area contributed by atoms with E-state index in [1.165, 1.54) is 0 Å². The van der Waals surface area contributed by atoms with E-state index in [9.17, 15) is 4.21 Å². The molecule has 0 bridgehead atoms. The van der Waals surface area contributed by atoms with Crippen LogP contribution in [0.1, 0.15) is 37.4 Å². The molecule has 0 aliphatic rings. The van der Waals surface area contributed by atoms with Gasteiger partial charge in [-0.25, -0.2) is 9.97 Å². The predicted octanol–water partition coefficient (Wildman–Crippen LogP) is 3.64. The monoisotopic (exact) mass is 356 g/mol. The predicted molar refractivity (Wildman–Crippen MR) is 103 cm³/mol. The van der Waals surface area contributed by atoms with Crippen LogP contribution in [0.5, 0.6) is 0 Å². The first-order valence-electron chi connectivity index (χ1n) is 8.53. The molecular weight excluding hydrogens is 332 g/mol. The lowest BCUT2D eigenvalue weighted by atomic mass is 10.0. The van der Waals surface area contributed by atoms with Crippen molar-refractivity contribution in [2.24, 2.45) is 0 Å². The minimum atomic E-state index is -0.971. The number of aromatic nitrogens is 3. The average Bonchev–Trinajstić information content (AvgIpc) is 3.03. The van der Waals surface area contributed by atoms with E-state index in [0.717, 1.165) is 40.2 Å². The van der Waals surface area contributed by atoms with E-state index in [0.29, 0.717) is 17.5 Å². The minimum absolute atomic E-state index is 0.306. The number of hydrogen-bond acceptors (Lipinski definition) is 4. The number of benzene rings is 1. The summed E-state index contributed by atoms with van der Waals surface area (Å²) in [6.07, 6.45) is 2.62. The molecular formula is C19H24N4OS. The van der Waals surface area contributed by atoms with Gasteiger partial charge in [-0.2, -0.15) is 0 Å². The lowest BCUT2D eigenvalue weighted by molar-refractivity contribution is 0.664.